The van der Waals surface area contributed by atoms with E-state index in [1.54, 1.807) is 12.4 Å². The van der Waals surface area contributed by atoms with Crippen molar-refractivity contribution in [2.45, 2.75) is 25.3 Å². The minimum absolute atomic E-state index is 0.0524. The average molecular weight is 428 g/mol. The van der Waals surface area contributed by atoms with Crippen molar-refractivity contribution >= 4 is 44.2 Å². The van der Waals surface area contributed by atoms with Gasteiger partial charge in [0.05, 0.1) is 27.7 Å². The summed E-state index contributed by atoms with van der Waals surface area (Å²) >= 11 is 3.64. The third kappa shape index (κ3) is 3.84. The van der Waals surface area contributed by atoms with E-state index in [-0.39, 0.29) is 11.9 Å². The summed E-state index contributed by atoms with van der Waals surface area (Å²) in [6, 6.07) is 9.88. The van der Waals surface area contributed by atoms with E-state index in [4.69, 9.17) is 5.73 Å². The van der Waals surface area contributed by atoms with E-state index in [0.29, 0.717) is 6.42 Å². The van der Waals surface area contributed by atoms with E-state index >= 15 is 0 Å². The van der Waals surface area contributed by atoms with E-state index in [2.05, 4.69) is 36.1 Å². The summed E-state index contributed by atoms with van der Waals surface area (Å²) in [5.41, 5.74) is 9.70. The Labute approximate surface area is 166 Å². The van der Waals surface area contributed by atoms with Gasteiger partial charge in [-0.1, -0.05) is 30.3 Å². The molecule has 0 saturated carbocycles. The van der Waals surface area contributed by atoms with Crippen LogP contribution in [0.1, 0.15) is 18.4 Å². The molecule has 1 unspecified atom stereocenters. The van der Waals surface area contributed by atoms with Crippen LogP contribution in [0.4, 0.5) is 11.4 Å². The van der Waals surface area contributed by atoms with Gasteiger partial charge in [0.25, 0.3) is 0 Å². The number of piperidine rings is 1. The highest BCUT2D eigenvalue weighted by atomic mass is 79.9. The molecule has 140 valence electrons. The number of anilines is 2. The summed E-state index contributed by atoms with van der Waals surface area (Å²) in [5, 5.41) is 3.96. The Balaban J connectivity index is 1.65. The Morgan fingerprint density at radius 2 is 2.19 bits per heavy atom. The van der Waals surface area contributed by atoms with Crippen molar-refractivity contribution in [3.05, 3.63) is 52.8 Å². The van der Waals surface area contributed by atoms with Gasteiger partial charge in [0.1, 0.15) is 5.65 Å². The number of aromatic nitrogens is 2. The van der Waals surface area contributed by atoms with Gasteiger partial charge in [0.15, 0.2) is 0 Å². The first-order valence-corrected chi connectivity index (χ1v) is 9.91. The number of aromatic amines is 1. The lowest BCUT2D eigenvalue weighted by molar-refractivity contribution is -0.115. The Morgan fingerprint density at radius 1 is 1.37 bits per heavy atom. The van der Waals surface area contributed by atoms with Gasteiger partial charge >= 0.3 is 0 Å². The summed E-state index contributed by atoms with van der Waals surface area (Å²) in [6.07, 6.45) is 6.02. The number of rotatable bonds is 4. The van der Waals surface area contributed by atoms with E-state index in [1.165, 1.54) is 0 Å². The number of H-pyrrole nitrogens is 1. The van der Waals surface area contributed by atoms with Gasteiger partial charge in [-0.15, -0.1) is 0 Å². The molecular formula is C20H22BrN5O. The molecule has 6 nitrogen and oxygen atoms in total. The third-order valence-corrected chi connectivity index (χ3v) is 5.47. The second-order valence-electron chi connectivity index (χ2n) is 6.94. The van der Waals surface area contributed by atoms with Crippen LogP contribution in [0.3, 0.4) is 0 Å². The highest BCUT2D eigenvalue weighted by molar-refractivity contribution is 9.10. The molecule has 3 heterocycles. The van der Waals surface area contributed by atoms with Crippen LogP contribution in [0, 0.1) is 0 Å². The number of nitrogens with one attached hydrogen (secondary N) is 2. The van der Waals surface area contributed by atoms with Gasteiger partial charge in [-0.2, -0.15) is 0 Å². The fourth-order valence-corrected chi connectivity index (χ4v) is 4.20. The number of benzene rings is 1. The summed E-state index contributed by atoms with van der Waals surface area (Å²) < 4.78 is 0.905. The van der Waals surface area contributed by atoms with Gasteiger partial charge in [-0.25, -0.2) is 4.98 Å². The molecule has 1 aliphatic rings. The first kappa shape index (κ1) is 18.0. The van der Waals surface area contributed by atoms with Crippen molar-refractivity contribution in [2.24, 2.45) is 5.73 Å². The molecule has 4 rings (SSSR count). The number of pyridine rings is 1. The van der Waals surface area contributed by atoms with Crippen molar-refractivity contribution in [3.63, 3.8) is 0 Å². The predicted octanol–water partition coefficient (Wildman–Crippen LogP) is 3.43. The molecule has 1 atom stereocenters. The summed E-state index contributed by atoms with van der Waals surface area (Å²) in [6.45, 7) is 1.73. The molecule has 3 aromatic rings. The third-order valence-electron chi connectivity index (χ3n) is 4.89. The van der Waals surface area contributed by atoms with Crippen molar-refractivity contribution in [1.29, 1.82) is 0 Å². The maximum Gasteiger partial charge on any atom is 0.228 e. The van der Waals surface area contributed by atoms with Gasteiger partial charge in [-0.05, 0) is 34.3 Å². The zero-order valence-electron chi connectivity index (χ0n) is 14.9. The smallest absolute Gasteiger partial charge is 0.228 e. The summed E-state index contributed by atoms with van der Waals surface area (Å²) in [4.78, 5) is 22.5. The van der Waals surface area contributed by atoms with Crippen molar-refractivity contribution in [1.82, 2.24) is 9.97 Å². The van der Waals surface area contributed by atoms with Crippen LogP contribution in [0.15, 0.2) is 47.2 Å². The number of hydrogen-bond acceptors (Lipinski definition) is 4. The average Bonchev–Trinajstić information content (AvgIpc) is 3.05. The number of hydrogen-bond donors (Lipinski definition) is 3. The standard InChI is InChI=1S/C20H22BrN5O/c21-15-10-23-20-18(19(15)26-8-4-7-14(22)12-26)16(11-24-20)25-17(27)9-13-5-2-1-3-6-13/h1-3,5-6,10-11,14H,4,7-9,12,22H2,(H,23,24)(H,25,27). The molecule has 1 aliphatic heterocycles. The molecule has 1 aromatic carbocycles. The van der Waals surface area contributed by atoms with Crippen LogP contribution < -0.4 is 16.0 Å². The van der Waals surface area contributed by atoms with Crippen LogP contribution in [0.25, 0.3) is 11.0 Å². The Bertz CT molecular complexity index is 956. The van der Waals surface area contributed by atoms with Gasteiger partial charge in [0, 0.05) is 31.5 Å². The molecule has 1 saturated heterocycles. The fourth-order valence-electron chi connectivity index (χ4n) is 3.65. The molecule has 27 heavy (non-hydrogen) atoms. The molecule has 2 aromatic heterocycles. The van der Waals surface area contributed by atoms with Gasteiger partial charge in [0.2, 0.25) is 5.91 Å². The molecule has 1 amide bonds. The lowest BCUT2D eigenvalue weighted by atomic mass is 10.1. The summed E-state index contributed by atoms with van der Waals surface area (Å²) in [5.74, 6) is -0.0524. The second kappa shape index (κ2) is 7.70. The number of nitrogens with zero attached hydrogens (tertiary/aromatic N) is 2. The lowest BCUT2D eigenvalue weighted by Crippen LogP contribution is -2.43. The quantitative estimate of drug-likeness (QED) is 0.594. The Kier molecular flexibility index (Phi) is 5.13. The van der Waals surface area contributed by atoms with Gasteiger partial charge in [-0.3, -0.25) is 4.79 Å². The molecular weight excluding hydrogens is 406 g/mol. The molecule has 0 radical (unpaired) electrons. The SMILES string of the molecule is NC1CCCN(c2c(Br)cnc3[nH]cc(NC(=O)Cc4ccccc4)c23)C1. The fraction of sp³-hybridized carbons (Fsp3) is 0.300. The van der Waals surface area contributed by atoms with Gasteiger partial charge < -0.3 is 20.9 Å². The second-order valence-corrected chi connectivity index (χ2v) is 7.79. The van der Waals surface area contributed by atoms with E-state index in [1.807, 2.05) is 30.3 Å². The van der Waals surface area contributed by atoms with E-state index in [0.717, 1.165) is 58.4 Å². The van der Waals surface area contributed by atoms with Crippen LogP contribution >= 0.6 is 15.9 Å². The van der Waals surface area contributed by atoms with Crippen LogP contribution in [0.2, 0.25) is 0 Å². The molecule has 0 spiro atoms. The Morgan fingerprint density at radius 3 is 2.96 bits per heavy atom. The minimum atomic E-state index is -0.0524. The zero-order chi connectivity index (χ0) is 18.8. The number of amides is 1. The van der Waals surface area contributed by atoms with Crippen molar-refractivity contribution < 1.29 is 4.79 Å². The maximum atomic E-state index is 12.6. The van der Waals surface area contributed by atoms with Crippen molar-refractivity contribution in [2.75, 3.05) is 23.3 Å². The number of carbonyl (C=O) groups is 1. The molecule has 0 aliphatic carbocycles. The lowest BCUT2D eigenvalue weighted by Gasteiger charge is -2.33. The normalized spacial score (nSPS) is 17.3. The Hall–Kier alpha value is -2.38. The van der Waals surface area contributed by atoms with E-state index in [9.17, 15) is 4.79 Å². The van der Waals surface area contributed by atoms with Crippen LogP contribution in [0.5, 0.6) is 0 Å². The largest absolute Gasteiger partial charge is 0.368 e. The van der Waals surface area contributed by atoms with Crippen molar-refractivity contribution in [3.8, 4) is 0 Å². The first-order valence-electron chi connectivity index (χ1n) is 9.11. The van der Waals surface area contributed by atoms with Crippen LogP contribution in [-0.2, 0) is 11.2 Å². The molecule has 4 N–H and O–H groups in total. The monoisotopic (exact) mass is 427 g/mol. The highest BCUT2D eigenvalue weighted by Crippen LogP contribution is 2.38. The first-order chi connectivity index (χ1) is 13.1. The topological polar surface area (TPSA) is 87.0 Å². The number of nitrogens with two attached hydrogens (primary N) is 1. The van der Waals surface area contributed by atoms with E-state index < -0.39 is 0 Å². The predicted molar refractivity (Wildman–Crippen MR) is 112 cm³/mol. The number of carbonyl (C=O) groups excluding carboxylic acids is 1. The minimum Gasteiger partial charge on any atom is -0.368 e. The number of halogens is 1. The highest BCUT2D eigenvalue weighted by Gasteiger charge is 2.23. The molecule has 0 bridgehead atoms. The molecule has 1 fully saturated rings. The summed E-state index contributed by atoms with van der Waals surface area (Å²) in [7, 11) is 0. The zero-order valence-corrected chi connectivity index (χ0v) is 16.5. The van der Waals surface area contributed by atoms with Crippen LogP contribution in [-0.4, -0.2) is 35.0 Å². The molecule has 7 heteroatoms. The maximum absolute atomic E-state index is 12.6. The number of fused-ring (bicyclic) bond motifs is 1.